The average Bonchev–Trinajstić information content (AvgIpc) is 2.98. The highest BCUT2D eigenvalue weighted by molar-refractivity contribution is 7.91. The van der Waals surface area contributed by atoms with Crippen molar-refractivity contribution in [2.45, 2.75) is 17.2 Å². The molecule has 1 saturated heterocycles. The molecule has 1 N–H and O–H groups in total. The van der Waals surface area contributed by atoms with E-state index < -0.39 is 28.0 Å². The monoisotopic (exact) mass is 339 g/mol. The number of hydrogen-bond donors (Lipinski definition) is 1. The van der Waals surface area contributed by atoms with Crippen LogP contribution < -0.4 is 0 Å². The van der Waals surface area contributed by atoms with Crippen molar-refractivity contribution in [1.82, 2.24) is 4.31 Å². The van der Waals surface area contributed by atoms with Crippen LogP contribution in [0.25, 0.3) is 0 Å². The van der Waals surface area contributed by atoms with Gasteiger partial charge < -0.3 is 9.84 Å². The summed E-state index contributed by atoms with van der Waals surface area (Å²) in [5, 5.41) is 9.15. The van der Waals surface area contributed by atoms with Crippen LogP contribution in [0.2, 0.25) is 4.34 Å². The van der Waals surface area contributed by atoms with Gasteiger partial charge in [-0.15, -0.1) is 11.3 Å². The first-order chi connectivity index (χ1) is 9.37. The number of likely N-dealkylation sites (N-methyl/N-ethyl adjacent to an activating group) is 1. The third kappa shape index (κ3) is 2.84. The zero-order valence-corrected chi connectivity index (χ0v) is 13.0. The Hall–Kier alpha value is -0.670. The molecule has 0 spiro atoms. The Balaban J connectivity index is 2.34. The van der Waals surface area contributed by atoms with Gasteiger partial charge in [-0.3, -0.25) is 4.79 Å². The fraction of sp³-hybridized carbons (Fsp3) is 0.545. The summed E-state index contributed by atoms with van der Waals surface area (Å²) in [5.41, 5.74) is 0. The van der Waals surface area contributed by atoms with Crippen LogP contribution in [0.3, 0.4) is 0 Å². The molecule has 112 valence electrons. The number of aliphatic carboxylic acids is 1. The summed E-state index contributed by atoms with van der Waals surface area (Å²) in [6.07, 6.45) is 0. The molecule has 9 heteroatoms. The Morgan fingerprint density at radius 3 is 2.75 bits per heavy atom. The van der Waals surface area contributed by atoms with Gasteiger partial charge in [0, 0.05) is 6.54 Å². The smallest absolute Gasteiger partial charge is 0.310 e. The van der Waals surface area contributed by atoms with E-state index in [1.165, 1.54) is 16.4 Å². The fourth-order valence-corrected chi connectivity index (χ4v) is 5.46. The molecular weight excluding hydrogens is 326 g/mol. The van der Waals surface area contributed by atoms with E-state index in [1.54, 1.807) is 6.92 Å². The average molecular weight is 340 g/mol. The van der Waals surface area contributed by atoms with Gasteiger partial charge in [0.1, 0.15) is 4.21 Å². The molecule has 0 aromatic carbocycles. The Bertz CT molecular complexity index is 600. The molecule has 0 saturated carbocycles. The highest BCUT2D eigenvalue weighted by atomic mass is 35.5. The van der Waals surface area contributed by atoms with Crippen LogP contribution in [0, 0.1) is 5.92 Å². The molecule has 1 fully saturated rings. The summed E-state index contributed by atoms with van der Waals surface area (Å²) in [6, 6.07) is 2.24. The minimum atomic E-state index is -3.76. The normalized spacial score (nSPS) is 23.4. The van der Waals surface area contributed by atoms with Crippen LogP contribution in [-0.2, 0) is 19.6 Å². The lowest BCUT2D eigenvalue weighted by molar-refractivity contribution is -0.142. The van der Waals surface area contributed by atoms with E-state index in [9.17, 15) is 13.2 Å². The predicted octanol–water partition coefficient (Wildman–Crippen LogP) is 1.51. The zero-order chi connectivity index (χ0) is 14.9. The Morgan fingerprint density at radius 2 is 2.25 bits per heavy atom. The van der Waals surface area contributed by atoms with Gasteiger partial charge in [0.05, 0.1) is 29.5 Å². The quantitative estimate of drug-likeness (QED) is 0.879. The molecule has 1 aliphatic rings. The summed E-state index contributed by atoms with van der Waals surface area (Å²) in [5.74, 6) is -1.90. The highest BCUT2D eigenvalue weighted by Gasteiger charge is 2.42. The molecular formula is C11H14ClNO5S2. The van der Waals surface area contributed by atoms with Crippen LogP contribution in [0.1, 0.15) is 6.92 Å². The van der Waals surface area contributed by atoms with E-state index in [-0.39, 0.29) is 24.0 Å². The maximum Gasteiger partial charge on any atom is 0.310 e. The maximum atomic E-state index is 12.6. The second-order valence-electron chi connectivity index (χ2n) is 4.32. The first kappa shape index (κ1) is 15.7. The third-order valence-electron chi connectivity index (χ3n) is 3.16. The number of carbonyl (C=O) groups is 1. The van der Waals surface area contributed by atoms with Crippen LogP contribution >= 0.6 is 22.9 Å². The van der Waals surface area contributed by atoms with Crippen molar-refractivity contribution in [3.8, 4) is 0 Å². The SMILES string of the molecule is CCN(C1COCC1C(=O)O)S(=O)(=O)c1ccc(Cl)s1. The van der Waals surface area contributed by atoms with E-state index in [4.69, 9.17) is 21.4 Å². The third-order valence-corrected chi connectivity index (χ3v) is 6.86. The molecule has 2 rings (SSSR count). The number of rotatable bonds is 5. The minimum Gasteiger partial charge on any atom is -0.481 e. The van der Waals surface area contributed by atoms with E-state index in [0.29, 0.717) is 4.34 Å². The Labute approximate surface area is 126 Å². The predicted molar refractivity (Wildman–Crippen MR) is 74.6 cm³/mol. The van der Waals surface area contributed by atoms with Gasteiger partial charge in [-0.2, -0.15) is 4.31 Å². The molecule has 0 radical (unpaired) electrons. The van der Waals surface area contributed by atoms with E-state index >= 15 is 0 Å². The number of nitrogens with zero attached hydrogens (tertiary/aromatic N) is 1. The van der Waals surface area contributed by atoms with Crippen molar-refractivity contribution >= 4 is 38.9 Å². The second-order valence-corrected chi connectivity index (χ2v) is 8.15. The van der Waals surface area contributed by atoms with Gasteiger partial charge in [-0.1, -0.05) is 18.5 Å². The molecule has 2 heterocycles. The van der Waals surface area contributed by atoms with E-state index in [2.05, 4.69) is 0 Å². The minimum absolute atomic E-state index is 0.0250. The summed E-state index contributed by atoms with van der Waals surface area (Å²) in [6.45, 7) is 1.96. The molecule has 1 aliphatic heterocycles. The molecule has 0 amide bonds. The standard InChI is InChI=1S/C11H14ClNO5S2/c1-2-13(8-6-18-5-7(8)11(14)15)20(16,17)10-4-3-9(12)19-10/h3-4,7-8H,2,5-6H2,1H3,(H,14,15). The summed E-state index contributed by atoms with van der Waals surface area (Å²) < 4.78 is 31.9. The van der Waals surface area contributed by atoms with Crippen LogP contribution in [0.15, 0.2) is 16.3 Å². The second kappa shape index (κ2) is 5.98. The van der Waals surface area contributed by atoms with Crippen LogP contribution in [-0.4, -0.2) is 49.6 Å². The molecule has 0 bridgehead atoms. The molecule has 1 aromatic heterocycles. The lowest BCUT2D eigenvalue weighted by atomic mass is 10.0. The molecule has 20 heavy (non-hydrogen) atoms. The number of thiophene rings is 1. The number of carboxylic acids is 1. The van der Waals surface area contributed by atoms with Crippen molar-refractivity contribution in [3.05, 3.63) is 16.5 Å². The van der Waals surface area contributed by atoms with Crippen molar-refractivity contribution in [1.29, 1.82) is 0 Å². The first-order valence-electron chi connectivity index (χ1n) is 5.95. The first-order valence-corrected chi connectivity index (χ1v) is 8.59. The number of hydrogen-bond acceptors (Lipinski definition) is 5. The highest BCUT2D eigenvalue weighted by Crippen LogP contribution is 2.31. The largest absolute Gasteiger partial charge is 0.481 e. The molecule has 2 unspecified atom stereocenters. The Morgan fingerprint density at radius 1 is 1.55 bits per heavy atom. The molecule has 6 nitrogen and oxygen atoms in total. The summed E-state index contributed by atoms with van der Waals surface area (Å²) in [4.78, 5) is 11.2. The maximum absolute atomic E-state index is 12.6. The molecule has 2 atom stereocenters. The van der Waals surface area contributed by atoms with E-state index in [1.807, 2.05) is 0 Å². The van der Waals surface area contributed by atoms with Gasteiger partial charge in [-0.25, -0.2) is 8.42 Å². The van der Waals surface area contributed by atoms with Crippen LogP contribution in [0.5, 0.6) is 0 Å². The molecule has 0 aliphatic carbocycles. The van der Waals surface area contributed by atoms with Crippen molar-refractivity contribution in [2.75, 3.05) is 19.8 Å². The number of ether oxygens (including phenoxy) is 1. The van der Waals surface area contributed by atoms with Gasteiger partial charge in [0.15, 0.2) is 0 Å². The fourth-order valence-electron chi connectivity index (χ4n) is 2.20. The topological polar surface area (TPSA) is 83.9 Å². The van der Waals surface area contributed by atoms with E-state index in [0.717, 1.165) is 11.3 Å². The van der Waals surface area contributed by atoms with Crippen molar-refractivity contribution in [3.63, 3.8) is 0 Å². The van der Waals surface area contributed by atoms with Gasteiger partial charge in [-0.05, 0) is 12.1 Å². The number of sulfonamides is 1. The van der Waals surface area contributed by atoms with Crippen molar-refractivity contribution < 1.29 is 23.1 Å². The van der Waals surface area contributed by atoms with Crippen LogP contribution in [0.4, 0.5) is 0 Å². The lowest BCUT2D eigenvalue weighted by Gasteiger charge is -2.27. The molecule has 1 aromatic rings. The zero-order valence-electron chi connectivity index (χ0n) is 10.7. The Kier molecular flexibility index (Phi) is 4.70. The summed E-state index contributed by atoms with van der Waals surface area (Å²) >= 11 is 6.72. The summed E-state index contributed by atoms with van der Waals surface area (Å²) in [7, 11) is -3.76. The number of halogens is 1. The van der Waals surface area contributed by atoms with Gasteiger partial charge in [0.25, 0.3) is 10.0 Å². The van der Waals surface area contributed by atoms with Gasteiger partial charge >= 0.3 is 5.97 Å². The van der Waals surface area contributed by atoms with Crippen molar-refractivity contribution in [2.24, 2.45) is 5.92 Å². The van der Waals surface area contributed by atoms with Gasteiger partial charge in [0.2, 0.25) is 0 Å². The number of carboxylic acid groups (broad SMARTS) is 1. The lowest BCUT2D eigenvalue weighted by Crippen LogP contribution is -2.46.